The number of H-pyrrole nitrogens is 1. The molecule has 0 saturated carbocycles. The largest absolute Gasteiger partial charge is 0.505 e. The van der Waals surface area contributed by atoms with Gasteiger partial charge in [-0.1, -0.05) is 43.3 Å². The summed E-state index contributed by atoms with van der Waals surface area (Å²) in [6.07, 6.45) is 0.590. The van der Waals surface area contributed by atoms with E-state index in [2.05, 4.69) is 15.3 Å². The quantitative estimate of drug-likeness (QED) is 0.310. The van der Waals surface area contributed by atoms with Crippen LogP contribution in [0.2, 0.25) is 0 Å². The number of carbonyl (C=O) groups is 1. The number of carbonyl (C=O) groups excluding carboxylic acids is 1. The molecule has 0 atom stereocenters. The Labute approximate surface area is 174 Å². The highest BCUT2D eigenvalue weighted by molar-refractivity contribution is 6.04. The van der Waals surface area contributed by atoms with Crippen molar-refractivity contribution < 1.29 is 20.1 Å². The van der Waals surface area contributed by atoms with Crippen molar-refractivity contribution in [3.8, 4) is 17.5 Å². The van der Waals surface area contributed by atoms with Crippen LogP contribution in [0.1, 0.15) is 29.3 Å². The summed E-state index contributed by atoms with van der Waals surface area (Å²) >= 11 is 0. The van der Waals surface area contributed by atoms with Crippen molar-refractivity contribution in [1.29, 1.82) is 0 Å². The summed E-state index contributed by atoms with van der Waals surface area (Å²) in [5.74, 6) is -1.31. The summed E-state index contributed by atoms with van der Waals surface area (Å²) in [4.78, 5) is 20.6. The molecule has 8 heteroatoms. The predicted octanol–water partition coefficient (Wildman–Crippen LogP) is 4.11. The van der Waals surface area contributed by atoms with E-state index in [0.717, 1.165) is 5.56 Å². The Balaban J connectivity index is 2.05. The number of nitrogens with one attached hydrogen (secondary N) is 2. The second-order valence-corrected chi connectivity index (χ2v) is 6.85. The van der Waals surface area contributed by atoms with Crippen LogP contribution in [-0.2, 0) is 0 Å². The SMILES string of the molecule is CCC(=Nc1c(O)[nH]c(O)c1Nc1cccc(C(=O)N(C)C)c1O)c1ccccc1. The van der Waals surface area contributed by atoms with Gasteiger partial charge in [0.05, 0.1) is 11.3 Å². The van der Waals surface area contributed by atoms with Crippen LogP contribution >= 0.6 is 0 Å². The number of amides is 1. The fourth-order valence-corrected chi connectivity index (χ4v) is 3.00. The molecule has 8 nitrogen and oxygen atoms in total. The van der Waals surface area contributed by atoms with E-state index in [4.69, 9.17) is 0 Å². The summed E-state index contributed by atoms with van der Waals surface area (Å²) in [6, 6.07) is 14.1. The molecule has 0 aliphatic heterocycles. The first-order valence-corrected chi connectivity index (χ1v) is 9.41. The molecule has 5 N–H and O–H groups in total. The number of aromatic nitrogens is 1. The normalized spacial score (nSPS) is 11.4. The van der Waals surface area contributed by atoms with E-state index in [1.54, 1.807) is 26.2 Å². The Morgan fingerprint density at radius 3 is 2.37 bits per heavy atom. The van der Waals surface area contributed by atoms with Gasteiger partial charge in [-0.05, 0) is 24.1 Å². The van der Waals surface area contributed by atoms with Crippen LogP contribution in [0.25, 0.3) is 0 Å². The van der Waals surface area contributed by atoms with E-state index >= 15 is 0 Å². The zero-order valence-electron chi connectivity index (χ0n) is 17.0. The van der Waals surface area contributed by atoms with E-state index in [-0.39, 0.29) is 46.0 Å². The first kappa shape index (κ1) is 20.8. The number of aromatic hydroxyl groups is 3. The third-order valence-corrected chi connectivity index (χ3v) is 4.56. The summed E-state index contributed by atoms with van der Waals surface area (Å²) in [7, 11) is 3.17. The molecule has 0 unspecified atom stereocenters. The lowest BCUT2D eigenvalue weighted by atomic mass is 10.1. The van der Waals surface area contributed by atoms with Crippen molar-refractivity contribution in [2.75, 3.05) is 19.4 Å². The van der Waals surface area contributed by atoms with Gasteiger partial charge in [-0.25, -0.2) is 4.99 Å². The average molecular weight is 408 g/mol. The molecule has 30 heavy (non-hydrogen) atoms. The highest BCUT2D eigenvalue weighted by atomic mass is 16.3. The molecule has 3 rings (SSSR count). The minimum absolute atomic E-state index is 0.0825. The van der Waals surface area contributed by atoms with E-state index in [1.165, 1.54) is 11.0 Å². The first-order valence-electron chi connectivity index (χ1n) is 9.41. The lowest BCUT2D eigenvalue weighted by molar-refractivity contribution is 0.0824. The number of aliphatic imine (C=N–C) groups is 1. The van der Waals surface area contributed by atoms with Crippen LogP contribution in [-0.4, -0.2) is 50.9 Å². The monoisotopic (exact) mass is 408 g/mol. The van der Waals surface area contributed by atoms with Gasteiger partial charge in [0.25, 0.3) is 5.91 Å². The number of phenolic OH excluding ortho intramolecular Hbond substituents is 1. The number of phenols is 1. The van der Waals surface area contributed by atoms with Crippen LogP contribution in [0.4, 0.5) is 17.1 Å². The lowest BCUT2D eigenvalue weighted by Crippen LogP contribution is -2.21. The van der Waals surface area contributed by atoms with E-state index < -0.39 is 0 Å². The van der Waals surface area contributed by atoms with Gasteiger partial charge in [-0.3, -0.25) is 9.78 Å². The van der Waals surface area contributed by atoms with Crippen molar-refractivity contribution >= 4 is 28.7 Å². The second kappa shape index (κ2) is 8.60. The number of hydrogen-bond acceptors (Lipinski definition) is 6. The molecule has 156 valence electrons. The number of para-hydroxylation sites is 1. The Morgan fingerprint density at radius 1 is 1.03 bits per heavy atom. The topological polar surface area (TPSA) is 121 Å². The number of aromatic amines is 1. The molecule has 0 radical (unpaired) electrons. The van der Waals surface area contributed by atoms with Crippen molar-refractivity contribution in [3.63, 3.8) is 0 Å². The van der Waals surface area contributed by atoms with Crippen LogP contribution in [0.15, 0.2) is 53.5 Å². The zero-order chi connectivity index (χ0) is 21.8. The number of anilines is 2. The number of hydrogen-bond donors (Lipinski definition) is 5. The van der Waals surface area contributed by atoms with Gasteiger partial charge >= 0.3 is 0 Å². The highest BCUT2D eigenvalue weighted by Crippen LogP contribution is 2.45. The van der Waals surface area contributed by atoms with Crippen LogP contribution in [0.5, 0.6) is 17.5 Å². The summed E-state index contributed by atoms with van der Waals surface area (Å²) in [5, 5.41) is 34.0. The van der Waals surface area contributed by atoms with Gasteiger partial charge in [0.2, 0.25) is 11.8 Å². The molecular formula is C22H24N4O4. The lowest BCUT2D eigenvalue weighted by Gasteiger charge is -2.15. The van der Waals surface area contributed by atoms with Gasteiger partial charge in [0.15, 0.2) is 11.4 Å². The Kier molecular flexibility index (Phi) is 5.96. The number of rotatable bonds is 6. The zero-order valence-corrected chi connectivity index (χ0v) is 17.0. The van der Waals surface area contributed by atoms with Gasteiger partial charge in [-0.2, -0.15) is 0 Å². The van der Waals surface area contributed by atoms with E-state index in [1.807, 2.05) is 37.3 Å². The van der Waals surface area contributed by atoms with E-state index in [9.17, 15) is 20.1 Å². The molecule has 0 fully saturated rings. The van der Waals surface area contributed by atoms with E-state index in [0.29, 0.717) is 12.1 Å². The van der Waals surface area contributed by atoms with Gasteiger partial charge in [0, 0.05) is 19.8 Å². The molecule has 3 aromatic rings. The maximum Gasteiger partial charge on any atom is 0.257 e. The van der Waals surface area contributed by atoms with Crippen LogP contribution < -0.4 is 5.32 Å². The maximum absolute atomic E-state index is 12.3. The molecule has 0 aliphatic rings. The van der Waals surface area contributed by atoms with Crippen LogP contribution in [0, 0.1) is 0 Å². The van der Waals surface area contributed by atoms with Gasteiger partial charge in [-0.15, -0.1) is 0 Å². The fraction of sp³-hybridized carbons (Fsp3) is 0.182. The minimum Gasteiger partial charge on any atom is -0.505 e. The molecule has 0 aliphatic carbocycles. The van der Waals surface area contributed by atoms with Crippen LogP contribution in [0.3, 0.4) is 0 Å². The number of nitrogens with zero attached hydrogens (tertiary/aromatic N) is 2. The van der Waals surface area contributed by atoms with Crippen molar-refractivity contribution in [1.82, 2.24) is 9.88 Å². The third-order valence-electron chi connectivity index (χ3n) is 4.56. The Hall–Kier alpha value is -3.94. The molecule has 1 aromatic heterocycles. The molecule has 1 heterocycles. The Morgan fingerprint density at radius 2 is 1.73 bits per heavy atom. The summed E-state index contributed by atoms with van der Waals surface area (Å²) in [5.41, 5.74) is 2.05. The molecule has 0 bridgehead atoms. The summed E-state index contributed by atoms with van der Waals surface area (Å²) < 4.78 is 0. The number of benzene rings is 2. The molecular weight excluding hydrogens is 384 g/mol. The highest BCUT2D eigenvalue weighted by Gasteiger charge is 2.21. The average Bonchev–Trinajstić information content (AvgIpc) is 3.00. The van der Waals surface area contributed by atoms with Crippen molar-refractivity contribution in [2.45, 2.75) is 13.3 Å². The fourth-order valence-electron chi connectivity index (χ4n) is 3.00. The third kappa shape index (κ3) is 4.07. The molecule has 0 spiro atoms. The smallest absolute Gasteiger partial charge is 0.257 e. The molecule has 2 aromatic carbocycles. The first-order chi connectivity index (χ1) is 14.3. The van der Waals surface area contributed by atoms with Gasteiger partial charge < -0.3 is 25.5 Å². The van der Waals surface area contributed by atoms with Crippen molar-refractivity contribution in [3.05, 3.63) is 59.7 Å². The minimum atomic E-state index is -0.368. The molecule has 1 amide bonds. The molecule has 0 saturated heterocycles. The summed E-state index contributed by atoms with van der Waals surface area (Å²) in [6.45, 7) is 1.94. The maximum atomic E-state index is 12.3. The predicted molar refractivity (Wildman–Crippen MR) is 116 cm³/mol. The van der Waals surface area contributed by atoms with Crippen molar-refractivity contribution in [2.24, 2.45) is 4.99 Å². The standard InChI is InChI=1S/C22H24N4O4/c1-4-15(13-9-6-5-7-10-13)23-17-18(21(29)25-20(17)28)24-16-12-8-11-14(19(16)27)22(30)26(2)3/h5-12,24-25,27-29H,4H2,1-3H3. The Bertz CT molecular complexity index is 1090. The second-order valence-electron chi connectivity index (χ2n) is 6.85. The van der Waals surface area contributed by atoms with Gasteiger partial charge in [0.1, 0.15) is 5.69 Å².